The Hall–Kier alpha value is -0.580. The number of rotatable bonds is 2. The molecule has 1 aromatic rings. The van der Waals surface area contributed by atoms with Crippen LogP contribution in [0.25, 0.3) is 0 Å². The molecule has 18 heavy (non-hydrogen) atoms. The Kier molecular flexibility index (Phi) is 4.65. The maximum atomic E-state index is 12.4. The van der Waals surface area contributed by atoms with Crippen molar-refractivity contribution in [2.75, 3.05) is 20.1 Å². The van der Waals surface area contributed by atoms with Crippen LogP contribution in [0.1, 0.15) is 23.2 Å². The van der Waals surface area contributed by atoms with Crippen LogP contribution in [0.4, 0.5) is 0 Å². The third-order valence-electron chi connectivity index (χ3n) is 3.30. The van der Waals surface area contributed by atoms with Crippen molar-refractivity contribution >= 4 is 33.4 Å². The summed E-state index contributed by atoms with van der Waals surface area (Å²) in [6.45, 7) is 1.55. The van der Waals surface area contributed by atoms with Gasteiger partial charge in [0.2, 0.25) is 0 Å². The highest BCUT2D eigenvalue weighted by Crippen LogP contribution is 2.27. The van der Waals surface area contributed by atoms with E-state index in [4.69, 9.17) is 11.6 Å². The Balaban J connectivity index is 2.18. The first kappa shape index (κ1) is 13.8. The number of benzene rings is 1. The van der Waals surface area contributed by atoms with Gasteiger partial charge in [0.1, 0.15) is 0 Å². The van der Waals surface area contributed by atoms with Crippen LogP contribution in [-0.2, 0) is 0 Å². The van der Waals surface area contributed by atoms with Gasteiger partial charge in [-0.3, -0.25) is 4.79 Å². The average Bonchev–Trinajstić information content (AvgIpc) is 2.41. The molecule has 1 saturated heterocycles. The van der Waals surface area contributed by atoms with Gasteiger partial charge in [0.15, 0.2) is 0 Å². The Morgan fingerprint density at radius 3 is 3.06 bits per heavy atom. The molecule has 1 fully saturated rings. The highest BCUT2D eigenvalue weighted by molar-refractivity contribution is 9.10. The maximum absolute atomic E-state index is 12.4. The van der Waals surface area contributed by atoms with Crippen molar-refractivity contribution in [3.63, 3.8) is 0 Å². The van der Waals surface area contributed by atoms with Crippen molar-refractivity contribution in [1.29, 1.82) is 0 Å². The van der Waals surface area contributed by atoms with Gasteiger partial charge < -0.3 is 10.2 Å². The molecular formula is C13H16BrClN2O. The standard InChI is InChI=1S/C13H16BrClN2O/c1-16-9-4-3-7-17(8-9)13(18)10-5-2-6-11(14)12(10)15/h2,5-6,9,16H,3-4,7-8H2,1H3. The monoisotopic (exact) mass is 330 g/mol. The summed E-state index contributed by atoms with van der Waals surface area (Å²) in [5.74, 6) is 0.0150. The number of nitrogens with one attached hydrogen (secondary N) is 1. The van der Waals surface area contributed by atoms with E-state index in [0.29, 0.717) is 16.6 Å². The summed E-state index contributed by atoms with van der Waals surface area (Å²) in [5.41, 5.74) is 0.572. The molecule has 0 saturated carbocycles. The van der Waals surface area contributed by atoms with E-state index in [-0.39, 0.29) is 5.91 Å². The molecule has 1 unspecified atom stereocenters. The lowest BCUT2D eigenvalue weighted by molar-refractivity contribution is 0.0698. The molecule has 5 heteroatoms. The number of nitrogens with zero attached hydrogens (tertiary/aromatic N) is 1. The number of halogens is 2. The van der Waals surface area contributed by atoms with Crippen LogP contribution in [0, 0.1) is 0 Å². The first-order chi connectivity index (χ1) is 8.63. The Bertz CT molecular complexity index is 453. The van der Waals surface area contributed by atoms with Crippen LogP contribution in [0.5, 0.6) is 0 Å². The zero-order valence-corrected chi connectivity index (χ0v) is 12.6. The zero-order valence-electron chi connectivity index (χ0n) is 10.2. The van der Waals surface area contributed by atoms with Crippen molar-refractivity contribution in [1.82, 2.24) is 10.2 Å². The summed E-state index contributed by atoms with van der Waals surface area (Å²) < 4.78 is 0.761. The third kappa shape index (κ3) is 2.87. The van der Waals surface area contributed by atoms with Gasteiger partial charge in [-0.15, -0.1) is 0 Å². The second-order valence-corrected chi connectivity index (χ2v) is 5.71. The molecule has 0 aromatic heterocycles. The summed E-state index contributed by atoms with van der Waals surface area (Å²) in [7, 11) is 1.94. The largest absolute Gasteiger partial charge is 0.337 e. The Morgan fingerprint density at radius 2 is 2.33 bits per heavy atom. The van der Waals surface area contributed by atoms with Gasteiger partial charge in [0.05, 0.1) is 10.6 Å². The van der Waals surface area contributed by atoms with E-state index in [1.54, 1.807) is 6.07 Å². The summed E-state index contributed by atoms with van der Waals surface area (Å²) in [6.07, 6.45) is 2.15. The van der Waals surface area contributed by atoms with Crippen LogP contribution in [0.3, 0.4) is 0 Å². The Labute approximate surface area is 121 Å². The van der Waals surface area contributed by atoms with E-state index in [9.17, 15) is 4.79 Å². The van der Waals surface area contributed by atoms with Crippen LogP contribution >= 0.6 is 27.5 Å². The fourth-order valence-corrected chi connectivity index (χ4v) is 2.81. The molecule has 1 atom stereocenters. The fourth-order valence-electron chi connectivity index (χ4n) is 2.24. The van der Waals surface area contributed by atoms with E-state index in [1.165, 1.54) is 0 Å². The van der Waals surface area contributed by atoms with E-state index in [0.717, 1.165) is 30.4 Å². The molecule has 0 spiro atoms. The number of hydrogen-bond acceptors (Lipinski definition) is 2. The number of piperidine rings is 1. The molecule has 1 aliphatic heterocycles. The van der Waals surface area contributed by atoms with Gasteiger partial charge in [-0.1, -0.05) is 17.7 Å². The summed E-state index contributed by atoms with van der Waals surface area (Å²) in [6, 6.07) is 5.83. The lowest BCUT2D eigenvalue weighted by Gasteiger charge is -2.32. The molecule has 98 valence electrons. The number of likely N-dealkylation sites (N-methyl/N-ethyl adjacent to an activating group) is 1. The molecule has 1 aromatic carbocycles. The maximum Gasteiger partial charge on any atom is 0.255 e. The number of amides is 1. The average molecular weight is 332 g/mol. The van der Waals surface area contributed by atoms with Crippen LogP contribution in [0.2, 0.25) is 5.02 Å². The molecule has 3 nitrogen and oxygen atoms in total. The number of carbonyl (C=O) groups is 1. The highest BCUT2D eigenvalue weighted by atomic mass is 79.9. The van der Waals surface area contributed by atoms with Gasteiger partial charge in [0.25, 0.3) is 5.91 Å². The molecular weight excluding hydrogens is 316 g/mol. The smallest absolute Gasteiger partial charge is 0.255 e. The topological polar surface area (TPSA) is 32.3 Å². The van der Waals surface area contributed by atoms with Crippen molar-refractivity contribution in [3.05, 3.63) is 33.3 Å². The summed E-state index contributed by atoms with van der Waals surface area (Å²) in [5, 5.41) is 3.72. The van der Waals surface area contributed by atoms with Gasteiger partial charge in [0, 0.05) is 23.6 Å². The molecule has 1 amide bonds. The van der Waals surface area contributed by atoms with Crippen LogP contribution in [0.15, 0.2) is 22.7 Å². The molecule has 1 heterocycles. The molecule has 0 radical (unpaired) electrons. The predicted octanol–water partition coefficient (Wildman–Crippen LogP) is 2.93. The quantitative estimate of drug-likeness (QED) is 0.904. The van der Waals surface area contributed by atoms with Crippen LogP contribution in [-0.4, -0.2) is 37.0 Å². The lowest BCUT2D eigenvalue weighted by Crippen LogP contribution is -2.47. The minimum atomic E-state index is 0.0150. The van der Waals surface area contributed by atoms with Crippen molar-refractivity contribution < 1.29 is 4.79 Å². The fraction of sp³-hybridized carbons (Fsp3) is 0.462. The normalized spacial score (nSPS) is 19.9. The SMILES string of the molecule is CNC1CCCN(C(=O)c2cccc(Br)c2Cl)C1. The zero-order chi connectivity index (χ0) is 13.1. The number of hydrogen-bond donors (Lipinski definition) is 1. The summed E-state index contributed by atoms with van der Waals surface area (Å²) >= 11 is 9.52. The van der Waals surface area contributed by atoms with E-state index in [1.807, 2.05) is 24.1 Å². The first-order valence-electron chi connectivity index (χ1n) is 6.04. The number of carbonyl (C=O) groups excluding carboxylic acids is 1. The minimum Gasteiger partial charge on any atom is -0.337 e. The molecule has 0 aliphatic carbocycles. The second-order valence-electron chi connectivity index (χ2n) is 4.48. The van der Waals surface area contributed by atoms with Gasteiger partial charge in [-0.25, -0.2) is 0 Å². The molecule has 0 bridgehead atoms. The van der Waals surface area contributed by atoms with Crippen molar-refractivity contribution in [2.45, 2.75) is 18.9 Å². The van der Waals surface area contributed by atoms with E-state index >= 15 is 0 Å². The van der Waals surface area contributed by atoms with Gasteiger partial charge >= 0.3 is 0 Å². The molecule has 2 rings (SSSR count). The molecule has 1 aliphatic rings. The van der Waals surface area contributed by atoms with Crippen molar-refractivity contribution in [3.8, 4) is 0 Å². The minimum absolute atomic E-state index is 0.0150. The number of likely N-dealkylation sites (tertiary alicyclic amines) is 1. The second kappa shape index (κ2) is 6.04. The van der Waals surface area contributed by atoms with E-state index in [2.05, 4.69) is 21.2 Å². The summed E-state index contributed by atoms with van der Waals surface area (Å²) in [4.78, 5) is 14.3. The lowest BCUT2D eigenvalue weighted by atomic mass is 10.0. The first-order valence-corrected chi connectivity index (χ1v) is 7.21. The highest BCUT2D eigenvalue weighted by Gasteiger charge is 2.25. The predicted molar refractivity (Wildman–Crippen MR) is 77.1 cm³/mol. The van der Waals surface area contributed by atoms with Crippen molar-refractivity contribution in [2.24, 2.45) is 0 Å². The van der Waals surface area contributed by atoms with Gasteiger partial charge in [-0.2, -0.15) is 0 Å². The molecule has 1 N–H and O–H groups in total. The van der Waals surface area contributed by atoms with E-state index < -0.39 is 0 Å². The van der Waals surface area contributed by atoms with Crippen LogP contribution < -0.4 is 5.32 Å². The third-order valence-corrected chi connectivity index (χ3v) is 4.60. The van der Waals surface area contributed by atoms with Gasteiger partial charge in [-0.05, 0) is 48.0 Å². The Morgan fingerprint density at radius 1 is 1.56 bits per heavy atom.